The lowest BCUT2D eigenvalue weighted by atomic mass is 10.1. The summed E-state index contributed by atoms with van der Waals surface area (Å²) >= 11 is 0. The minimum absolute atomic E-state index is 0.0305. The number of benzene rings is 1. The molecule has 0 unspecified atom stereocenters. The Balaban J connectivity index is 1.86. The van der Waals surface area contributed by atoms with E-state index in [4.69, 9.17) is 5.11 Å². The summed E-state index contributed by atoms with van der Waals surface area (Å²) in [5.41, 5.74) is 1.05. The molecule has 1 aromatic carbocycles. The van der Waals surface area contributed by atoms with E-state index in [9.17, 15) is 14.4 Å². The molecule has 2 amide bonds. The number of hydrogen-bond donors (Lipinski definition) is 3. The number of carboxylic acids is 1. The smallest absolute Gasteiger partial charge is 0.303 e. The number of rotatable bonds is 7. The molecule has 1 aliphatic rings. The molecule has 0 aliphatic heterocycles. The highest BCUT2D eigenvalue weighted by Gasteiger charge is 2.23. The van der Waals surface area contributed by atoms with Crippen molar-refractivity contribution in [3.8, 4) is 0 Å². The molecule has 6 heteroatoms. The zero-order valence-electron chi connectivity index (χ0n) is 11.6. The molecule has 6 nitrogen and oxygen atoms in total. The standard InChI is InChI=1S/C15H18N2O4/c18-13(5-2-6-14(19)20)16-12-4-1-3-10(9-12)15(21)17-11-7-8-11/h1,3-4,9,11H,2,5-8H2,(H,16,18)(H,17,21)(H,19,20). The van der Waals surface area contributed by atoms with Crippen LogP contribution in [0.4, 0.5) is 5.69 Å². The normalized spacial score (nSPS) is 13.5. The van der Waals surface area contributed by atoms with Gasteiger partial charge in [-0.2, -0.15) is 0 Å². The Morgan fingerprint density at radius 2 is 1.95 bits per heavy atom. The maximum atomic E-state index is 11.9. The van der Waals surface area contributed by atoms with Gasteiger partial charge in [-0.15, -0.1) is 0 Å². The molecule has 0 aromatic heterocycles. The van der Waals surface area contributed by atoms with Crippen molar-refractivity contribution in [2.75, 3.05) is 5.32 Å². The number of carbonyl (C=O) groups excluding carboxylic acids is 2. The Labute approximate surface area is 122 Å². The molecule has 1 fully saturated rings. The molecular formula is C15H18N2O4. The van der Waals surface area contributed by atoms with Crippen molar-refractivity contribution >= 4 is 23.5 Å². The molecule has 1 aromatic rings. The van der Waals surface area contributed by atoms with E-state index in [1.165, 1.54) is 0 Å². The van der Waals surface area contributed by atoms with Gasteiger partial charge in [-0.25, -0.2) is 0 Å². The first-order chi connectivity index (χ1) is 10.0. The van der Waals surface area contributed by atoms with Crippen molar-refractivity contribution in [1.29, 1.82) is 0 Å². The van der Waals surface area contributed by atoms with E-state index < -0.39 is 5.97 Å². The second kappa shape index (κ2) is 6.88. The summed E-state index contributed by atoms with van der Waals surface area (Å²) in [6.45, 7) is 0. The average Bonchev–Trinajstić information content (AvgIpc) is 3.22. The number of anilines is 1. The summed E-state index contributed by atoms with van der Waals surface area (Å²) in [5.74, 6) is -1.31. The number of amides is 2. The van der Waals surface area contributed by atoms with E-state index in [0.29, 0.717) is 17.7 Å². The van der Waals surface area contributed by atoms with Crippen LogP contribution in [0.15, 0.2) is 24.3 Å². The van der Waals surface area contributed by atoms with Crippen molar-refractivity contribution < 1.29 is 19.5 Å². The molecule has 0 atom stereocenters. The number of carbonyl (C=O) groups is 3. The Hall–Kier alpha value is -2.37. The van der Waals surface area contributed by atoms with Gasteiger partial charge >= 0.3 is 5.97 Å². The molecule has 2 rings (SSSR count). The lowest BCUT2D eigenvalue weighted by Gasteiger charge is -2.07. The van der Waals surface area contributed by atoms with Crippen molar-refractivity contribution in [3.63, 3.8) is 0 Å². The Morgan fingerprint density at radius 3 is 2.62 bits per heavy atom. The molecule has 1 saturated carbocycles. The predicted octanol–water partition coefficient (Wildman–Crippen LogP) is 1.77. The minimum Gasteiger partial charge on any atom is -0.481 e. The maximum absolute atomic E-state index is 11.9. The highest BCUT2D eigenvalue weighted by molar-refractivity contribution is 5.97. The SMILES string of the molecule is O=C(O)CCCC(=O)Nc1cccc(C(=O)NC2CC2)c1. The van der Waals surface area contributed by atoms with Crippen LogP contribution in [0.1, 0.15) is 42.5 Å². The largest absolute Gasteiger partial charge is 0.481 e. The van der Waals surface area contributed by atoms with Crippen LogP contribution in [0.25, 0.3) is 0 Å². The van der Waals surface area contributed by atoms with Gasteiger partial charge in [-0.3, -0.25) is 14.4 Å². The molecule has 0 saturated heterocycles. The Bertz CT molecular complexity index is 552. The van der Waals surface area contributed by atoms with Gasteiger partial charge in [-0.1, -0.05) is 6.07 Å². The zero-order chi connectivity index (χ0) is 15.2. The predicted molar refractivity (Wildman–Crippen MR) is 77.0 cm³/mol. The van der Waals surface area contributed by atoms with Crippen molar-refractivity contribution in [3.05, 3.63) is 29.8 Å². The van der Waals surface area contributed by atoms with E-state index in [1.54, 1.807) is 24.3 Å². The average molecular weight is 290 g/mol. The fraction of sp³-hybridized carbons (Fsp3) is 0.400. The van der Waals surface area contributed by atoms with Gasteiger partial charge in [0.25, 0.3) is 5.91 Å². The minimum atomic E-state index is -0.915. The van der Waals surface area contributed by atoms with Gasteiger partial charge in [0.05, 0.1) is 0 Å². The first-order valence-corrected chi connectivity index (χ1v) is 6.97. The lowest BCUT2D eigenvalue weighted by Crippen LogP contribution is -2.25. The fourth-order valence-corrected chi connectivity index (χ4v) is 1.86. The van der Waals surface area contributed by atoms with Crippen molar-refractivity contribution in [2.45, 2.75) is 38.1 Å². The van der Waals surface area contributed by atoms with Gasteiger partial charge in [0.2, 0.25) is 5.91 Å². The van der Waals surface area contributed by atoms with Crippen LogP contribution in [-0.2, 0) is 9.59 Å². The number of nitrogens with one attached hydrogen (secondary N) is 2. The fourth-order valence-electron chi connectivity index (χ4n) is 1.86. The van der Waals surface area contributed by atoms with E-state index in [1.807, 2.05) is 0 Å². The number of carboxylic acid groups (broad SMARTS) is 1. The molecule has 0 bridgehead atoms. The van der Waals surface area contributed by atoms with Crippen molar-refractivity contribution in [1.82, 2.24) is 5.32 Å². The van der Waals surface area contributed by atoms with Gasteiger partial charge in [-0.05, 0) is 37.5 Å². The molecule has 0 spiro atoms. The summed E-state index contributed by atoms with van der Waals surface area (Å²) in [6, 6.07) is 6.99. The second-order valence-corrected chi connectivity index (χ2v) is 5.12. The summed E-state index contributed by atoms with van der Waals surface area (Å²) < 4.78 is 0. The van der Waals surface area contributed by atoms with Crippen molar-refractivity contribution in [2.24, 2.45) is 0 Å². The topological polar surface area (TPSA) is 95.5 Å². The molecule has 0 heterocycles. The number of hydrogen-bond acceptors (Lipinski definition) is 3. The van der Waals surface area contributed by atoms with Crippen LogP contribution in [0.5, 0.6) is 0 Å². The lowest BCUT2D eigenvalue weighted by molar-refractivity contribution is -0.137. The van der Waals surface area contributed by atoms with Gasteiger partial charge in [0.15, 0.2) is 0 Å². The van der Waals surface area contributed by atoms with Crippen LogP contribution < -0.4 is 10.6 Å². The van der Waals surface area contributed by atoms with Gasteiger partial charge in [0.1, 0.15) is 0 Å². The monoisotopic (exact) mass is 290 g/mol. The Morgan fingerprint density at radius 1 is 1.19 bits per heavy atom. The third-order valence-corrected chi connectivity index (χ3v) is 3.12. The molecule has 0 radical (unpaired) electrons. The number of aliphatic carboxylic acids is 1. The van der Waals surface area contributed by atoms with E-state index in [0.717, 1.165) is 12.8 Å². The molecular weight excluding hydrogens is 272 g/mol. The maximum Gasteiger partial charge on any atom is 0.303 e. The summed E-state index contributed by atoms with van der Waals surface area (Å²) in [4.78, 5) is 33.9. The second-order valence-electron chi connectivity index (χ2n) is 5.12. The van der Waals surface area contributed by atoms with Crippen LogP contribution in [0, 0.1) is 0 Å². The first kappa shape index (κ1) is 15.0. The molecule has 112 valence electrons. The van der Waals surface area contributed by atoms with E-state index >= 15 is 0 Å². The molecule has 1 aliphatic carbocycles. The van der Waals surface area contributed by atoms with Gasteiger partial charge in [0, 0.05) is 30.1 Å². The highest BCUT2D eigenvalue weighted by Crippen LogP contribution is 2.20. The van der Waals surface area contributed by atoms with E-state index in [-0.39, 0.29) is 30.7 Å². The van der Waals surface area contributed by atoms with Crippen LogP contribution in [0.2, 0.25) is 0 Å². The quantitative estimate of drug-likeness (QED) is 0.713. The first-order valence-electron chi connectivity index (χ1n) is 6.97. The third-order valence-electron chi connectivity index (χ3n) is 3.12. The van der Waals surface area contributed by atoms with Gasteiger partial charge < -0.3 is 15.7 Å². The summed E-state index contributed by atoms with van der Waals surface area (Å²) in [6.07, 6.45) is 2.45. The summed E-state index contributed by atoms with van der Waals surface area (Å²) in [5, 5.41) is 14.1. The van der Waals surface area contributed by atoms with Crippen LogP contribution >= 0.6 is 0 Å². The third kappa shape index (κ3) is 5.25. The van der Waals surface area contributed by atoms with E-state index in [2.05, 4.69) is 10.6 Å². The van der Waals surface area contributed by atoms with Crippen LogP contribution in [-0.4, -0.2) is 28.9 Å². The zero-order valence-corrected chi connectivity index (χ0v) is 11.6. The Kier molecular flexibility index (Phi) is 4.92. The molecule has 21 heavy (non-hydrogen) atoms. The summed E-state index contributed by atoms with van der Waals surface area (Å²) in [7, 11) is 0. The molecule has 3 N–H and O–H groups in total. The van der Waals surface area contributed by atoms with Crippen LogP contribution in [0.3, 0.4) is 0 Å². The highest BCUT2D eigenvalue weighted by atomic mass is 16.4.